The average Bonchev–Trinajstić information content (AvgIpc) is 3.03. The van der Waals surface area contributed by atoms with Gasteiger partial charge in [-0.15, -0.1) is 11.8 Å². The molecule has 0 spiro atoms. The van der Waals surface area contributed by atoms with Crippen molar-refractivity contribution in [3.05, 3.63) is 131 Å². The molecule has 0 saturated carbocycles. The fourth-order valence-electron chi connectivity index (χ4n) is 4.45. The lowest BCUT2D eigenvalue weighted by Gasteiger charge is -2.36. The second kappa shape index (κ2) is 14.1. The highest BCUT2D eigenvalue weighted by Crippen LogP contribution is 2.39. The average molecular weight is 556 g/mol. The molecule has 0 radical (unpaired) electrons. The number of benzene rings is 3. The first-order valence-corrected chi connectivity index (χ1v) is 14.3. The molecular formula is C32H33N3O4S. The van der Waals surface area contributed by atoms with E-state index in [9.17, 15) is 9.90 Å². The maximum Gasteiger partial charge on any atom is 0.315 e. The largest absolute Gasteiger partial charge is 0.392 e. The minimum Gasteiger partial charge on any atom is -0.392 e. The van der Waals surface area contributed by atoms with Crippen LogP contribution in [-0.4, -0.2) is 28.0 Å². The van der Waals surface area contributed by atoms with E-state index in [-0.39, 0.29) is 24.8 Å². The summed E-state index contributed by atoms with van der Waals surface area (Å²) in [6.45, 7) is 0.902. The van der Waals surface area contributed by atoms with Crippen molar-refractivity contribution in [1.29, 1.82) is 0 Å². The molecule has 8 heteroatoms. The topological polar surface area (TPSA) is 92.7 Å². The predicted octanol–water partition coefficient (Wildman–Crippen LogP) is 5.91. The summed E-state index contributed by atoms with van der Waals surface area (Å²) in [6, 6.07) is 31.3. The van der Waals surface area contributed by atoms with Crippen molar-refractivity contribution in [1.82, 2.24) is 15.6 Å². The number of urea groups is 1. The van der Waals surface area contributed by atoms with E-state index in [0.29, 0.717) is 13.1 Å². The number of amides is 2. The monoisotopic (exact) mass is 555 g/mol. The molecule has 0 bridgehead atoms. The van der Waals surface area contributed by atoms with Crippen LogP contribution >= 0.6 is 11.8 Å². The van der Waals surface area contributed by atoms with E-state index in [2.05, 4.69) is 15.6 Å². The Morgan fingerprint density at radius 3 is 2.12 bits per heavy atom. The third kappa shape index (κ3) is 7.92. The number of nitrogens with one attached hydrogen (secondary N) is 2. The molecule has 2 heterocycles. The number of rotatable bonds is 10. The molecule has 5 rings (SSSR count). The maximum absolute atomic E-state index is 12.2. The molecular weight excluding hydrogens is 522 g/mol. The van der Waals surface area contributed by atoms with Crippen LogP contribution in [0.15, 0.2) is 108 Å². The first-order chi connectivity index (χ1) is 19.7. The van der Waals surface area contributed by atoms with E-state index in [1.165, 1.54) is 0 Å². The highest BCUT2D eigenvalue weighted by molar-refractivity contribution is 7.99. The SMILES string of the molecule is O=C(NCc1ccccc1)NCc1ccc(C2OC(CSc3ccccn3)CC(c3ccc(CO)cc3)O2)cc1. The standard InChI is InChI=1S/C32H33N3O4S/c36-21-25-11-13-26(14-12-25)29-18-28(22-40-30-8-4-5-17-33-30)38-31(39-29)27-15-9-24(10-16-27)20-35-32(37)34-19-23-6-2-1-3-7-23/h1-17,28-29,31,36H,18-22H2,(H2,34,35,37). The molecule has 1 saturated heterocycles. The highest BCUT2D eigenvalue weighted by Gasteiger charge is 2.32. The Morgan fingerprint density at radius 2 is 1.45 bits per heavy atom. The number of aliphatic hydroxyl groups excluding tert-OH is 1. The number of carbonyl (C=O) groups is 1. The Morgan fingerprint density at radius 1 is 0.800 bits per heavy atom. The zero-order valence-electron chi connectivity index (χ0n) is 22.1. The second-order valence-electron chi connectivity index (χ2n) is 9.59. The normalized spacial score (nSPS) is 18.7. The minimum absolute atomic E-state index is 0.0107. The van der Waals surface area contributed by atoms with Crippen LogP contribution in [0.5, 0.6) is 0 Å². The van der Waals surface area contributed by atoms with Gasteiger partial charge in [0.2, 0.25) is 0 Å². The number of ether oxygens (including phenoxy) is 2. The number of hydrogen-bond donors (Lipinski definition) is 3. The van der Waals surface area contributed by atoms with Gasteiger partial charge in [0.15, 0.2) is 6.29 Å². The lowest BCUT2D eigenvalue weighted by atomic mass is 10.0. The molecule has 3 atom stereocenters. The zero-order valence-corrected chi connectivity index (χ0v) is 22.9. The van der Waals surface area contributed by atoms with Gasteiger partial charge in [-0.05, 0) is 34.4 Å². The molecule has 3 aromatic carbocycles. The maximum atomic E-state index is 12.2. The van der Waals surface area contributed by atoms with E-state index in [4.69, 9.17) is 9.47 Å². The van der Waals surface area contributed by atoms with Crippen molar-refractivity contribution in [2.24, 2.45) is 0 Å². The summed E-state index contributed by atoms with van der Waals surface area (Å²) in [5.41, 5.74) is 4.87. The Hall–Kier alpha value is -3.69. The Balaban J connectivity index is 1.21. The molecule has 1 fully saturated rings. The lowest BCUT2D eigenvalue weighted by Crippen LogP contribution is -2.34. The summed E-state index contributed by atoms with van der Waals surface area (Å²) in [5.74, 6) is 0.752. The van der Waals surface area contributed by atoms with Crippen molar-refractivity contribution in [3.63, 3.8) is 0 Å². The van der Waals surface area contributed by atoms with E-state index >= 15 is 0 Å². The lowest BCUT2D eigenvalue weighted by molar-refractivity contribution is -0.245. The molecule has 3 N–H and O–H groups in total. The number of carbonyl (C=O) groups excluding carboxylic acids is 1. The summed E-state index contributed by atoms with van der Waals surface area (Å²) in [4.78, 5) is 16.7. The van der Waals surface area contributed by atoms with Gasteiger partial charge in [0, 0.05) is 37.0 Å². The van der Waals surface area contributed by atoms with Crippen LogP contribution in [0.25, 0.3) is 0 Å². The van der Waals surface area contributed by atoms with Gasteiger partial charge in [0.25, 0.3) is 0 Å². The summed E-state index contributed by atoms with van der Waals surface area (Å²) in [6.07, 6.45) is 1.81. The van der Waals surface area contributed by atoms with Crippen LogP contribution in [0, 0.1) is 0 Å². The number of aromatic nitrogens is 1. The van der Waals surface area contributed by atoms with Gasteiger partial charge >= 0.3 is 6.03 Å². The van der Waals surface area contributed by atoms with Crippen LogP contribution < -0.4 is 10.6 Å². The van der Waals surface area contributed by atoms with E-state index in [1.807, 2.05) is 97.1 Å². The first-order valence-electron chi connectivity index (χ1n) is 13.3. The van der Waals surface area contributed by atoms with Gasteiger partial charge in [0.05, 0.1) is 23.8 Å². The zero-order chi connectivity index (χ0) is 27.6. The fourth-order valence-corrected chi connectivity index (χ4v) is 5.33. The van der Waals surface area contributed by atoms with E-state index in [1.54, 1.807) is 18.0 Å². The van der Waals surface area contributed by atoms with Crippen LogP contribution in [0.3, 0.4) is 0 Å². The molecule has 2 amide bonds. The summed E-state index contributed by atoms with van der Waals surface area (Å²) < 4.78 is 12.8. The molecule has 4 aromatic rings. The second-order valence-corrected chi connectivity index (χ2v) is 10.6. The first kappa shape index (κ1) is 27.9. The summed E-state index contributed by atoms with van der Waals surface area (Å²) in [5, 5.41) is 16.2. The number of aliphatic hydroxyl groups is 1. The van der Waals surface area contributed by atoms with Crippen molar-refractivity contribution >= 4 is 17.8 Å². The van der Waals surface area contributed by atoms with Crippen LogP contribution in [0.4, 0.5) is 4.79 Å². The molecule has 206 valence electrons. The van der Waals surface area contributed by atoms with Gasteiger partial charge < -0.3 is 25.2 Å². The van der Waals surface area contributed by atoms with Crippen LogP contribution in [0.1, 0.15) is 46.6 Å². The molecule has 3 unspecified atom stereocenters. The number of nitrogens with zero attached hydrogens (tertiary/aromatic N) is 1. The minimum atomic E-state index is -0.526. The van der Waals surface area contributed by atoms with E-state index in [0.717, 1.165) is 45.0 Å². The molecule has 0 aliphatic carbocycles. The molecule has 1 aliphatic heterocycles. The molecule has 1 aromatic heterocycles. The molecule has 40 heavy (non-hydrogen) atoms. The highest BCUT2D eigenvalue weighted by atomic mass is 32.2. The van der Waals surface area contributed by atoms with Crippen molar-refractivity contribution in [2.45, 2.75) is 49.6 Å². The van der Waals surface area contributed by atoms with Crippen molar-refractivity contribution < 1.29 is 19.4 Å². The van der Waals surface area contributed by atoms with Crippen LogP contribution in [-0.2, 0) is 29.2 Å². The van der Waals surface area contributed by atoms with Gasteiger partial charge in [-0.25, -0.2) is 9.78 Å². The fraction of sp³-hybridized carbons (Fsp3) is 0.250. The number of thioether (sulfide) groups is 1. The van der Waals surface area contributed by atoms with Crippen molar-refractivity contribution in [3.8, 4) is 0 Å². The van der Waals surface area contributed by atoms with Gasteiger partial charge in [-0.2, -0.15) is 0 Å². The smallest absolute Gasteiger partial charge is 0.315 e. The number of hydrogen-bond acceptors (Lipinski definition) is 6. The Bertz CT molecular complexity index is 1340. The van der Waals surface area contributed by atoms with Crippen LogP contribution in [0.2, 0.25) is 0 Å². The predicted molar refractivity (Wildman–Crippen MR) is 155 cm³/mol. The Labute approximate surface area is 239 Å². The molecule has 7 nitrogen and oxygen atoms in total. The number of pyridine rings is 1. The quantitative estimate of drug-likeness (QED) is 0.211. The molecule has 1 aliphatic rings. The van der Waals surface area contributed by atoms with Gasteiger partial charge in [-0.1, -0.05) is 84.9 Å². The van der Waals surface area contributed by atoms with E-state index < -0.39 is 6.29 Å². The third-order valence-electron chi connectivity index (χ3n) is 6.67. The van der Waals surface area contributed by atoms with Gasteiger partial charge in [0.1, 0.15) is 0 Å². The summed E-state index contributed by atoms with van der Waals surface area (Å²) in [7, 11) is 0. The summed E-state index contributed by atoms with van der Waals surface area (Å²) >= 11 is 1.67. The Kier molecular flexibility index (Phi) is 9.82. The third-order valence-corrected chi connectivity index (χ3v) is 7.75. The van der Waals surface area contributed by atoms with Gasteiger partial charge in [-0.3, -0.25) is 0 Å². The van der Waals surface area contributed by atoms with Crippen molar-refractivity contribution in [2.75, 3.05) is 5.75 Å².